The Labute approximate surface area is 158 Å². The van der Waals surface area contributed by atoms with Gasteiger partial charge in [-0.15, -0.1) is 0 Å². The van der Waals surface area contributed by atoms with Gasteiger partial charge in [0.1, 0.15) is 5.69 Å². The number of primary sulfonamides is 1. The molecule has 7 nitrogen and oxygen atoms in total. The average molecular weight is 386 g/mol. The molecule has 3 aromatic rings. The molecule has 1 saturated heterocycles. The molecule has 4 N–H and O–H groups in total. The first-order valence-corrected chi connectivity index (χ1v) is 10.4. The van der Waals surface area contributed by atoms with E-state index in [0.29, 0.717) is 23.6 Å². The Bertz CT molecular complexity index is 1120. The number of fused-ring (bicyclic) bond motifs is 1. The molecule has 1 aliphatic heterocycles. The summed E-state index contributed by atoms with van der Waals surface area (Å²) in [5.74, 6) is 0. The third-order valence-electron chi connectivity index (χ3n) is 5.04. The minimum Gasteiger partial charge on any atom is -0.398 e. The Kier molecular flexibility index (Phi) is 4.41. The van der Waals surface area contributed by atoms with Gasteiger partial charge in [0.15, 0.2) is 6.23 Å². The zero-order valence-electron chi connectivity index (χ0n) is 15.1. The number of ether oxygens (including phenoxy) is 1. The highest BCUT2D eigenvalue weighted by Gasteiger charge is 2.23. The highest BCUT2D eigenvalue weighted by atomic mass is 32.2. The summed E-state index contributed by atoms with van der Waals surface area (Å²) in [5.41, 5.74) is 9.98. The fraction of sp³-hybridized carbons (Fsp3) is 0.316. The van der Waals surface area contributed by atoms with Gasteiger partial charge in [0.2, 0.25) is 10.0 Å². The Hall–Kier alpha value is -2.42. The first-order valence-electron chi connectivity index (χ1n) is 8.88. The van der Waals surface area contributed by atoms with Gasteiger partial charge < -0.3 is 10.5 Å². The molecule has 0 aliphatic carbocycles. The van der Waals surface area contributed by atoms with Crippen LogP contribution in [0.3, 0.4) is 0 Å². The third-order valence-corrected chi connectivity index (χ3v) is 5.95. The van der Waals surface area contributed by atoms with E-state index in [1.54, 1.807) is 12.1 Å². The van der Waals surface area contributed by atoms with Crippen molar-refractivity contribution in [3.8, 4) is 11.3 Å². The lowest BCUT2D eigenvalue weighted by molar-refractivity contribution is -0.0365. The Balaban J connectivity index is 1.96. The smallest absolute Gasteiger partial charge is 0.238 e. The molecule has 0 bridgehead atoms. The zero-order valence-corrected chi connectivity index (χ0v) is 15.9. The van der Waals surface area contributed by atoms with Crippen molar-refractivity contribution < 1.29 is 13.2 Å². The van der Waals surface area contributed by atoms with Crippen LogP contribution in [-0.2, 0) is 14.8 Å². The fourth-order valence-electron chi connectivity index (χ4n) is 3.57. The van der Waals surface area contributed by atoms with Crippen molar-refractivity contribution in [1.82, 2.24) is 9.78 Å². The molecule has 0 radical (unpaired) electrons. The maximum Gasteiger partial charge on any atom is 0.238 e. The maximum absolute atomic E-state index is 11.8. The lowest BCUT2D eigenvalue weighted by Crippen LogP contribution is -2.19. The predicted molar refractivity (Wildman–Crippen MR) is 105 cm³/mol. The second-order valence-electron chi connectivity index (χ2n) is 6.86. The quantitative estimate of drug-likeness (QED) is 0.672. The number of nitrogens with two attached hydrogens (primary N) is 2. The molecule has 0 spiro atoms. The van der Waals surface area contributed by atoms with Gasteiger partial charge >= 0.3 is 0 Å². The largest absolute Gasteiger partial charge is 0.398 e. The van der Waals surface area contributed by atoms with Crippen LogP contribution in [0, 0.1) is 6.92 Å². The van der Waals surface area contributed by atoms with E-state index in [1.165, 1.54) is 6.07 Å². The monoisotopic (exact) mass is 386 g/mol. The number of hydrogen-bond donors (Lipinski definition) is 2. The molecule has 0 amide bonds. The third kappa shape index (κ3) is 3.20. The standard InChI is InChI=1S/C19H22N4O3S/c1-12-15(20)8-9-16-18(12)19(22-23(16)17-7-2-3-10-26-17)13-5-4-6-14(11-13)27(21,24)25/h4-6,8-9,11,17H,2-3,7,10,20H2,1H3,(H2,21,24,25). The predicted octanol–water partition coefficient (Wildman–Crippen LogP) is 2.94. The first-order chi connectivity index (χ1) is 12.9. The molecule has 1 aromatic heterocycles. The number of nitrogen functional groups attached to an aromatic ring is 1. The number of aromatic nitrogens is 2. The van der Waals surface area contributed by atoms with Gasteiger partial charge in [-0.2, -0.15) is 5.10 Å². The lowest BCUT2D eigenvalue weighted by atomic mass is 10.0. The molecule has 1 unspecified atom stereocenters. The second kappa shape index (κ2) is 6.63. The summed E-state index contributed by atoms with van der Waals surface area (Å²) in [4.78, 5) is 0.0539. The maximum atomic E-state index is 11.8. The van der Waals surface area contributed by atoms with Crippen molar-refractivity contribution in [2.75, 3.05) is 12.3 Å². The summed E-state index contributed by atoms with van der Waals surface area (Å²) >= 11 is 0. The molecule has 1 atom stereocenters. The zero-order chi connectivity index (χ0) is 19.2. The van der Waals surface area contributed by atoms with Crippen LogP contribution in [0.25, 0.3) is 22.2 Å². The summed E-state index contributed by atoms with van der Waals surface area (Å²) in [7, 11) is -3.80. The van der Waals surface area contributed by atoms with Gasteiger partial charge in [-0.1, -0.05) is 12.1 Å². The summed E-state index contributed by atoms with van der Waals surface area (Å²) in [6.07, 6.45) is 2.87. The molecule has 4 rings (SSSR count). The van der Waals surface area contributed by atoms with Crippen molar-refractivity contribution in [3.05, 3.63) is 42.0 Å². The molecule has 2 heterocycles. The molecular formula is C19H22N4O3S. The summed E-state index contributed by atoms with van der Waals surface area (Å²) < 4.78 is 31.3. The van der Waals surface area contributed by atoms with Gasteiger partial charge in [0.05, 0.1) is 10.4 Å². The van der Waals surface area contributed by atoms with E-state index >= 15 is 0 Å². The van der Waals surface area contributed by atoms with E-state index in [9.17, 15) is 8.42 Å². The van der Waals surface area contributed by atoms with E-state index < -0.39 is 10.0 Å². The Morgan fingerprint density at radius 3 is 2.74 bits per heavy atom. The van der Waals surface area contributed by atoms with Crippen LogP contribution in [0.1, 0.15) is 31.1 Å². The minimum absolute atomic E-state index is 0.0539. The van der Waals surface area contributed by atoms with Crippen LogP contribution in [-0.4, -0.2) is 24.8 Å². The summed E-state index contributed by atoms with van der Waals surface area (Å²) in [5, 5.41) is 11.0. The van der Waals surface area contributed by atoms with Crippen molar-refractivity contribution in [2.24, 2.45) is 5.14 Å². The highest BCUT2D eigenvalue weighted by Crippen LogP contribution is 2.36. The van der Waals surface area contributed by atoms with Crippen LogP contribution < -0.4 is 10.9 Å². The number of nitrogens with zero attached hydrogens (tertiary/aromatic N) is 2. The van der Waals surface area contributed by atoms with Crippen LogP contribution >= 0.6 is 0 Å². The van der Waals surface area contributed by atoms with Gasteiger partial charge in [-0.25, -0.2) is 18.2 Å². The van der Waals surface area contributed by atoms with E-state index in [0.717, 1.165) is 35.7 Å². The number of benzene rings is 2. The van der Waals surface area contributed by atoms with Crippen molar-refractivity contribution in [3.63, 3.8) is 0 Å². The lowest BCUT2D eigenvalue weighted by Gasteiger charge is -2.23. The Morgan fingerprint density at radius 1 is 1.22 bits per heavy atom. The summed E-state index contributed by atoms with van der Waals surface area (Å²) in [6.45, 7) is 2.65. The van der Waals surface area contributed by atoms with Crippen molar-refractivity contribution in [2.45, 2.75) is 37.3 Å². The molecule has 8 heteroatoms. The fourth-order valence-corrected chi connectivity index (χ4v) is 4.13. The van der Waals surface area contributed by atoms with Gasteiger partial charge in [0, 0.05) is 23.2 Å². The van der Waals surface area contributed by atoms with E-state index in [-0.39, 0.29) is 11.1 Å². The first kappa shape index (κ1) is 18.0. The number of aryl methyl sites for hydroxylation is 1. The van der Waals surface area contributed by atoms with E-state index in [4.69, 9.17) is 20.7 Å². The minimum atomic E-state index is -3.80. The topological polar surface area (TPSA) is 113 Å². The van der Waals surface area contributed by atoms with Gasteiger partial charge in [-0.3, -0.25) is 0 Å². The van der Waals surface area contributed by atoms with E-state index in [1.807, 2.05) is 29.8 Å². The number of rotatable bonds is 3. The Morgan fingerprint density at radius 2 is 2.04 bits per heavy atom. The van der Waals surface area contributed by atoms with Crippen LogP contribution in [0.5, 0.6) is 0 Å². The second-order valence-corrected chi connectivity index (χ2v) is 8.42. The molecule has 0 saturated carbocycles. The summed E-state index contributed by atoms with van der Waals surface area (Å²) in [6, 6.07) is 10.3. The van der Waals surface area contributed by atoms with Crippen molar-refractivity contribution >= 4 is 26.6 Å². The normalized spacial score (nSPS) is 18.1. The average Bonchev–Trinajstić information content (AvgIpc) is 3.05. The van der Waals surface area contributed by atoms with Crippen LogP contribution in [0.2, 0.25) is 0 Å². The van der Waals surface area contributed by atoms with Crippen molar-refractivity contribution in [1.29, 1.82) is 0 Å². The van der Waals surface area contributed by atoms with Crippen LogP contribution in [0.4, 0.5) is 5.69 Å². The SMILES string of the molecule is Cc1c(N)ccc2c1c(-c1cccc(S(N)(=O)=O)c1)nn2C1CCCCO1. The van der Waals surface area contributed by atoms with E-state index in [2.05, 4.69) is 0 Å². The number of hydrogen-bond acceptors (Lipinski definition) is 5. The molecule has 142 valence electrons. The van der Waals surface area contributed by atoms with Gasteiger partial charge in [0.25, 0.3) is 0 Å². The molecular weight excluding hydrogens is 364 g/mol. The number of sulfonamides is 1. The molecule has 2 aromatic carbocycles. The molecule has 27 heavy (non-hydrogen) atoms. The molecule has 1 aliphatic rings. The molecule has 1 fully saturated rings. The van der Waals surface area contributed by atoms with Gasteiger partial charge in [-0.05, 0) is 56.0 Å². The number of anilines is 1. The van der Waals surface area contributed by atoms with Crippen LogP contribution in [0.15, 0.2) is 41.3 Å². The highest BCUT2D eigenvalue weighted by molar-refractivity contribution is 7.89.